The van der Waals surface area contributed by atoms with E-state index in [2.05, 4.69) is 27.1 Å². The van der Waals surface area contributed by atoms with Gasteiger partial charge in [-0.3, -0.25) is 0 Å². The Balaban J connectivity index is 2.28. The lowest BCUT2D eigenvalue weighted by Gasteiger charge is -2.25. The van der Waals surface area contributed by atoms with Crippen LogP contribution in [0.1, 0.15) is 32.0 Å². The first-order valence-electron chi connectivity index (χ1n) is 6.04. The van der Waals surface area contributed by atoms with E-state index in [-0.39, 0.29) is 0 Å². The van der Waals surface area contributed by atoms with Gasteiger partial charge in [-0.1, -0.05) is 6.92 Å². The molecule has 0 bridgehead atoms. The van der Waals surface area contributed by atoms with Crippen LogP contribution >= 0.6 is 0 Å². The monoisotopic (exact) mass is 220 g/mol. The minimum Gasteiger partial charge on any atom is -0.373 e. The van der Waals surface area contributed by atoms with Gasteiger partial charge >= 0.3 is 0 Å². The van der Waals surface area contributed by atoms with Crippen molar-refractivity contribution in [2.45, 2.75) is 39.2 Å². The lowest BCUT2D eigenvalue weighted by molar-refractivity contribution is 0.639. The summed E-state index contributed by atoms with van der Waals surface area (Å²) < 4.78 is 0. The minimum atomic E-state index is 0.652. The van der Waals surface area contributed by atoms with E-state index in [1.165, 1.54) is 19.3 Å². The Morgan fingerprint density at radius 2 is 2.31 bits per heavy atom. The van der Waals surface area contributed by atoms with Crippen molar-refractivity contribution in [3.05, 3.63) is 11.9 Å². The molecule has 0 aliphatic carbocycles. The third-order valence-electron chi connectivity index (χ3n) is 3.22. The Morgan fingerprint density at radius 1 is 1.50 bits per heavy atom. The van der Waals surface area contributed by atoms with Crippen LogP contribution in [-0.4, -0.2) is 29.6 Å². The normalized spacial score (nSPS) is 20.2. The quantitative estimate of drug-likeness (QED) is 0.848. The van der Waals surface area contributed by atoms with Crippen molar-refractivity contribution < 1.29 is 0 Å². The first kappa shape index (κ1) is 11.2. The number of aromatic nitrogens is 2. The van der Waals surface area contributed by atoms with E-state index in [1.54, 1.807) is 0 Å². The van der Waals surface area contributed by atoms with Gasteiger partial charge in [-0.15, -0.1) is 0 Å². The van der Waals surface area contributed by atoms with Crippen LogP contribution in [0.4, 0.5) is 11.6 Å². The number of anilines is 2. The average molecular weight is 220 g/mol. The topological polar surface area (TPSA) is 41.0 Å². The number of nitrogens with zero attached hydrogens (tertiary/aromatic N) is 3. The summed E-state index contributed by atoms with van der Waals surface area (Å²) in [6, 6.07) is 2.69. The molecular weight excluding hydrogens is 200 g/mol. The lowest BCUT2D eigenvalue weighted by Crippen LogP contribution is -2.29. The van der Waals surface area contributed by atoms with E-state index < -0.39 is 0 Å². The van der Waals surface area contributed by atoms with Gasteiger partial charge in [-0.2, -0.15) is 0 Å². The number of hydrogen-bond donors (Lipinski definition) is 1. The zero-order chi connectivity index (χ0) is 11.5. The molecule has 1 aromatic rings. The van der Waals surface area contributed by atoms with Gasteiger partial charge in [0.25, 0.3) is 0 Å². The summed E-state index contributed by atoms with van der Waals surface area (Å²) in [6.07, 6.45) is 3.75. The van der Waals surface area contributed by atoms with Crippen molar-refractivity contribution in [3.63, 3.8) is 0 Å². The number of nitrogens with one attached hydrogen (secondary N) is 1. The molecule has 16 heavy (non-hydrogen) atoms. The lowest BCUT2D eigenvalue weighted by atomic mass is 10.2. The van der Waals surface area contributed by atoms with Crippen molar-refractivity contribution in [1.29, 1.82) is 0 Å². The number of aryl methyl sites for hydroxylation is 1. The van der Waals surface area contributed by atoms with Crippen molar-refractivity contribution in [1.82, 2.24) is 9.97 Å². The Kier molecular flexibility index (Phi) is 3.27. The Labute approximate surface area is 97.1 Å². The predicted molar refractivity (Wildman–Crippen MR) is 67.0 cm³/mol. The van der Waals surface area contributed by atoms with Crippen LogP contribution in [0.2, 0.25) is 0 Å². The standard InChI is InChI=1S/C12H20N4/c1-4-10-6-5-7-16(10)12-8-11(13-3)14-9(2)15-12/h8,10H,4-7H2,1-3H3,(H,13,14,15). The highest BCUT2D eigenvalue weighted by Gasteiger charge is 2.24. The summed E-state index contributed by atoms with van der Waals surface area (Å²) in [5.74, 6) is 2.81. The average Bonchev–Trinajstić information content (AvgIpc) is 2.76. The van der Waals surface area contributed by atoms with Gasteiger partial charge in [0.15, 0.2) is 0 Å². The number of rotatable bonds is 3. The summed E-state index contributed by atoms with van der Waals surface area (Å²) in [6.45, 7) is 5.31. The van der Waals surface area contributed by atoms with Crippen molar-refractivity contribution in [2.75, 3.05) is 23.8 Å². The largest absolute Gasteiger partial charge is 0.373 e. The van der Waals surface area contributed by atoms with Gasteiger partial charge in [0.1, 0.15) is 17.5 Å². The summed E-state index contributed by atoms with van der Waals surface area (Å²) in [7, 11) is 1.90. The Bertz CT molecular complexity index is 364. The second kappa shape index (κ2) is 4.68. The smallest absolute Gasteiger partial charge is 0.134 e. The van der Waals surface area contributed by atoms with Crippen molar-refractivity contribution in [3.8, 4) is 0 Å². The molecule has 0 spiro atoms. The fourth-order valence-electron chi connectivity index (χ4n) is 2.39. The molecule has 0 radical (unpaired) electrons. The molecule has 4 heteroatoms. The second-order valence-corrected chi connectivity index (χ2v) is 4.31. The molecule has 1 unspecified atom stereocenters. The molecule has 0 amide bonds. The molecule has 1 saturated heterocycles. The number of hydrogen-bond acceptors (Lipinski definition) is 4. The first-order valence-corrected chi connectivity index (χ1v) is 6.04. The maximum atomic E-state index is 4.54. The molecule has 2 heterocycles. The zero-order valence-corrected chi connectivity index (χ0v) is 10.3. The molecule has 1 aromatic heterocycles. The van der Waals surface area contributed by atoms with Gasteiger partial charge in [0.05, 0.1) is 0 Å². The molecule has 1 N–H and O–H groups in total. The van der Waals surface area contributed by atoms with Crippen LogP contribution in [0, 0.1) is 6.92 Å². The van der Waals surface area contributed by atoms with E-state index in [4.69, 9.17) is 0 Å². The van der Waals surface area contributed by atoms with E-state index >= 15 is 0 Å². The molecule has 1 atom stereocenters. The van der Waals surface area contributed by atoms with Crippen LogP contribution in [0.25, 0.3) is 0 Å². The van der Waals surface area contributed by atoms with Gasteiger partial charge in [0.2, 0.25) is 0 Å². The van der Waals surface area contributed by atoms with Gasteiger partial charge in [-0.25, -0.2) is 9.97 Å². The predicted octanol–water partition coefficient (Wildman–Crippen LogP) is 2.21. The van der Waals surface area contributed by atoms with E-state index in [0.29, 0.717) is 6.04 Å². The molecule has 0 aromatic carbocycles. The van der Waals surface area contributed by atoms with Crippen LogP contribution in [0.3, 0.4) is 0 Å². The van der Waals surface area contributed by atoms with E-state index in [1.807, 2.05) is 20.0 Å². The van der Waals surface area contributed by atoms with Crippen LogP contribution in [0.5, 0.6) is 0 Å². The van der Waals surface area contributed by atoms with Crippen LogP contribution in [0.15, 0.2) is 6.07 Å². The molecule has 1 aliphatic rings. The van der Waals surface area contributed by atoms with Crippen LogP contribution in [-0.2, 0) is 0 Å². The highest BCUT2D eigenvalue weighted by Crippen LogP contribution is 2.26. The second-order valence-electron chi connectivity index (χ2n) is 4.31. The molecular formula is C12H20N4. The van der Waals surface area contributed by atoms with E-state index in [0.717, 1.165) is 24.0 Å². The van der Waals surface area contributed by atoms with Gasteiger partial charge in [0, 0.05) is 25.7 Å². The molecule has 2 rings (SSSR count). The fourth-order valence-corrected chi connectivity index (χ4v) is 2.39. The van der Waals surface area contributed by atoms with Gasteiger partial charge in [-0.05, 0) is 26.2 Å². The minimum absolute atomic E-state index is 0.652. The third kappa shape index (κ3) is 2.10. The molecule has 1 fully saturated rings. The molecule has 0 saturated carbocycles. The Morgan fingerprint density at radius 3 is 3.00 bits per heavy atom. The highest BCUT2D eigenvalue weighted by atomic mass is 15.2. The summed E-state index contributed by atoms with van der Waals surface area (Å²) >= 11 is 0. The summed E-state index contributed by atoms with van der Waals surface area (Å²) in [4.78, 5) is 11.3. The van der Waals surface area contributed by atoms with Crippen molar-refractivity contribution >= 4 is 11.6 Å². The van der Waals surface area contributed by atoms with Gasteiger partial charge < -0.3 is 10.2 Å². The first-order chi connectivity index (χ1) is 7.74. The van der Waals surface area contributed by atoms with E-state index in [9.17, 15) is 0 Å². The summed E-state index contributed by atoms with van der Waals surface area (Å²) in [5.41, 5.74) is 0. The molecule has 4 nitrogen and oxygen atoms in total. The maximum Gasteiger partial charge on any atom is 0.134 e. The fraction of sp³-hybridized carbons (Fsp3) is 0.667. The third-order valence-corrected chi connectivity index (χ3v) is 3.22. The summed E-state index contributed by atoms with van der Waals surface area (Å²) in [5, 5.41) is 3.09. The van der Waals surface area contributed by atoms with Crippen LogP contribution < -0.4 is 10.2 Å². The molecule has 1 aliphatic heterocycles. The zero-order valence-electron chi connectivity index (χ0n) is 10.3. The van der Waals surface area contributed by atoms with Crippen molar-refractivity contribution in [2.24, 2.45) is 0 Å². The SMILES string of the molecule is CCC1CCCN1c1cc(NC)nc(C)n1. The molecule has 88 valence electrons. The highest BCUT2D eigenvalue weighted by molar-refractivity contribution is 5.50. The Hall–Kier alpha value is -1.32. The maximum absolute atomic E-state index is 4.54.